The zero-order chi connectivity index (χ0) is 9.56. The van der Waals surface area contributed by atoms with Gasteiger partial charge in [-0.15, -0.1) is 0 Å². The third-order valence-electron chi connectivity index (χ3n) is 1.69. The molecule has 4 nitrogen and oxygen atoms in total. The molecule has 0 heterocycles. The lowest BCUT2D eigenvalue weighted by atomic mass is 10.1. The minimum atomic E-state index is -0.460. The normalized spacial score (nSPS) is 15.3. The maximum absolute atomic E-state index is 11.0. The van der Waals surface area contributed by atoms with Crippen molar-refractivity contribution >= 4 is 5.97 Å². The summed E-state index contributed by atoms with van der Waals surface area (Å²) in [6, 6.07) is -0.460. The second-order valence-corrected chi connectivity index (χ2v) is 2.88. The average molecular weight is 175 g/mol. The van der Waals surface area contributed by atoms with Crippen LogP contribution in [0.5, 0.6) is 0 Å². The van der Waals surface area contributed by atoms with Gasteiger partial charge >= 0.3 is 5.97 Å². The highest BCUT2D eigenvalue weighted by Crippen LogP contribution is 2.02. The molecule has 0 aliphatic carbocycles. The predicted octanol–water partition coefficient (Wildman–Crippen LogP) is -0.105. The van der Waals surface area contributed by atoms with Crippen LogP contribution in [0.4, 0.5) is 0 Å². The molecule has 4 heteroatoms. The van der Waals surface area contributed by atoms with Gasteiger partial charge in [-0.2, -0.15) is 0 Å². The van der Waals surface area contributed by atoms with Crippen LogP contribution in [-0.4, -0.2) is 30.3 Å². The summed E-state index contributed by atoms with van der Waals surface area (Å²) in [4.78, 5) is 11.0. The number of nitrogens with two attached hydrogens (primary N) is 1. The van der Waals surface area contributed by atoms with E-state index in [-0.39, 0.29) is 25.1 Å². The summed E-state index contributed by atoms with van der Waals surface area (Å²) in [7, 11) is 0. The summed E-state index contributed by atoms with van der Waals surface area (Å²) in [5.74, 6) is -0.336. The monoisotopic (exact) mass is 175 g/mol. The van der Waals surface area contributed by atoms with E-state index >= 15 is 0 Å². The molecule has 72 valence electrons. The van der Waals surface area contributed by atoms with E-state index in [2.05, 4.69) is 0 Å². The Bertz CT molecular complexity index is 138. The quantitative estimate of drug-likeness (QED) is 0.572. The molecule has 0 fully saturated rings. The van der Waals surface area contributed by atoms with E-state index in [1.165, 1.54) is 0 Å². The molecule has 12 heavy (non-hydrogen) atoms. The van der Waals surface area contributed by atoms with E-state index in [4.69, 9.17) is 15.6 Å². The van der Waals surface area contributed by atoms with Gasteiger partial charge in [0.15, 0.2) is 0 Å². The van der Waals surface area contributed by atoms with Crippen molar-refractivity contribution in [1.29, 1.82) is 0 Å². The van der Waals surface area contributed by atoms with Gasteiger partial charge in [0.05, 0.1) is 18.6 Å². The highest BCUT2D eigenvalue weighted by Gasteiger charge is 2.12. The van der Waals surface area contributed by atoms with E-state index in [1.54, 1.807) is 6.92 Å². The number of aliphatic hydroxyl groups is 1. The zero-order valence-corrected chi connectivity index (χ0v) is 7.62. The van der Waals surface area contributed by atoms with Crippen LogP contribution in [0.25, 0.3) is 0 Å². The maximum Gasteiger partial charge on any atom is 0.308 e. The van der Waals surface area contributed by atoms with Gasteiger partial charge in [-0.25, -0.2) is 0 Å². The van der Waals surface area contributed by atoms with Crippen LogP contribution in [0.15, 0.2) is 0 Å². The van der Waals surface area contributed by atoms with Crippen LogP contribution < -0.4 is 5.73 Å². The molecule has 0 rings (SSSR count). The molecule has 3 N–H and O–H groups in total. The standard InChI is InChI=1S/C8H17NO3/c1-3-6(2)8(11)12-5-7(9)4-10/h6-7,10H,3-5,9H2,1-2H3. The van der Waals surface area contributed by atoms with Crippen LogP contribution >= 0.6 is 0 Å². The predicted molar refractivity (Wildman–Crippen MR) is 45.5 cm³/mol. The van der Waals surface area contributed by atoms with Crippen molar-refractivity contribution in [1.82, 2.24) is 0 Å². The molecule has 0 spiro atoms. The average Bonchev–Trinajstić information content (AvgIpc) is 2.11. The summed E-state index contributed by atoms with van der Waals surface area (Å²) < 4.78 is 4.82. The van der Waals surface area contributed by atoms with Crippen molar-refractivity contribution in [2.24, 2.45) is 11.7 Å². The number of hydrogen-bond acceptors (Lipinski definition) is 4. The van der Waals surface area contributed by atoms with Gasteiger partial charge in [0, 0.05) is 0 Å². The van der Waals surface area contributed by atoms with Gasteiger partial charge in [0.25, 0.3) is 0 Å². The molecule has 0 aromatic rings. The fraction of sp³-hybridized carbons (Fsp3) is 0.875. The molecular formula is C8H17NO3. The summed E-state index contributed by atoms with van der Waals surface area (Å²) in [6.45, 7) is 3.65. The lowest BCUT2D eigenvalue weighted by Gasteiger charge is -2.11. The van der Waals surface area contributed by atoms with Crippen LogP contribution in [0.2, 0.25) is 0 Å². The third-order valence-corrected chi connectivity index (χ3v) is 1.69. The fourth-order valence-corrected chi connectivity index (χ4v) is 0.551. The first-order valence-electron chi connectivity index (χ1n) is 4.14. The van der Waals surface area contributed by atoms with Crippen molar-refractivity contribution in [3.63, 3.8) is 0 Å². The Kier molecular flexibility index (Phi) is 5.66. The Morgan fingerprint density at radius 1 is 1.67 bits per heavy atom. The maximum atomic E-state index is 11.0. The number of esters is 1. The van der Waals surface area contributed by atoms with Gasteiger partial charge in [-0.1, -0.05) is 13.8 Å². The summed E-state index contributed by atoms with van der Waals surface area (Å²) in [5.41, 5.74) is 5.34. The Hall–Kier alpha value is -0.610. The number of aliphatic hydroxyl groups excluding tert-OH is 1. The van der Waals surface area contributed by atoms with Crippen molar-refractivity contribution in [2.45, 2.75) is 26.3 Å². The Labute approximate surface area is 72.7 Å². The highest BCUT2D eigenvalue weighted by atomic mass is 16.5. The largest absolute Gasteiger partial charge is 0.464 e. The lowest BCUT2D eigenvalue weighted by Crippen LogP contribution is -2.32. The zero-order valence-electron chi connectivity index (χ0n) is 7.62. The summed E-state index contributed by atoms with van der Waals surface area (Å²) in [6.07, 6.45) is 0.757. The van der Waals surface area contributed by atoms with Gasteiger partial charge in [-0.3, -0.25) is 4.79 Å². The number of rotatable bonds is 5. The Balaban J connectivity index is 3.56. The van der Waals surface area contributed by atoms with Crippen LogP contribution in [0, 0.1) is 5.92 Å². The Morgan fingerprint density at radius 2 is 2.25 bits per heavy atom. The molecule has 0 aliphatic rings. The second-order valence-electron chi connectivity index (χ2n) is 2.88. The molecule has 0 aromatic heterocycles. The van der Waals surface area contributed by atoms with Gasteiger partial charge in [-0.05, 0) is 6.42 Å². The van der Waals surface area contributed by atoms with Crippen molar-refractivity contribution < 1.29 is 14.6 Å². The Morgan fingerprint density at radius 3 is 2.67 bits per heavy atom. The topological polar surface area (TPSA) is 72.5 Å². The van der Waals surface area contributed by atoms with E-state index in [1.807, 2.05) is 6.92 Å². The van der Waals surface area contributed by atoms with E-state index in [9.17, 15) is 4.79 Å². The van der Waals surface area contributed by atoms with E-state index in [0.717, 1.165) is 6.42 Å². The van der Waals surface area contributed by atoms with Crippen LogP contribution in [0.3, 0.4) is 0 Å². The van der Waals surface area contributed by atoms with Crippen LogP contribution in [-0.2, 0) is 9.53 Å². The van der Waals surface area contributed by atoms with Gasteiger partial charge in [0.2, 0.25) is 0 Å². The van der Waals surface area contributed by atoms with Gasteiger partial charge in [0.1, 0.15) is 6.61 Å². The third kappa shape index (κ3) is 4.31. The smallest absolute Gasteiger partial charge is 0.308 e. The van der Waals surface area contributed by atoms with E-state index in [0.29, 0.717) is 0 Å². The SMILES string of the molecule is CCC(C)C(=O)OCC(N)CO. The van der Waals surface area contributed by atoms with E-state index < -0.39 is 6.04 Å². The molecule has 2 unspecified atom stereocenters. The molecule has 0 amide bonds. The molecule has 0 aromatic carbocycles. The number of ether oxygens (including phenoxy) is 1. The lowest BCUT2D eigenvalue weighted by molar-refractivity contribution is -0.148. The first-order chi connectivity index (χ1) is 5.61. The number of hydrogen-bond donors (Lipinski definition) is 2. The molecule has 0 bridgehead atoms. The van der Waals surface area contributed by atoms with Crippen molar-refractivity contribution in [3.8, 4) is 0 Å². The minimum Gasteiger partial charge on any atom is -0.464 e. The van der Waals surface area contributed by atoms with Gasteiger partial charge < -0.3 is 15.6 Å². The molecule has 0 saturated carbocycles. The summed E-state index contributed by atoms with van der Waals surface area (Å²) >= 11 is 0. The molecular weight excluding hydrogens is 158 g/mol. The first-order valence-corrected chi connectivity index (χ1v) is 4.14. The first kappa shape index (κ1) is 11.4. The highest BCUT2D eigenvalue weighted by molar-refractivity contribution is 5.71. The molecule has 0 radical (unpaired) electrons. The molecule has 0 aliphatic heterocycles. The minimum absolute atomic E-state index is 0.0871. The van der Waals surface area contributed by atoms with Crippen molar-refractivity contribution in [3.05, 3.63) is 0 Å². The second kappa shape index (κ2) is 5.97. The summed E-state index contributed by atoms with van der Waals surface area (Å²) in [5, 5.41) is 8.53. The van der Waals surface area contributed by atoms with Crippen LogP contribution in [0.1, 0.15) is 20.3 Å². The fourth-order valence-electron chi connectivity index (χ4n) is 0.551. The number of carbonyl (C=O) groups is 1. The molecule has 2 atom stereocenters. The molecule has 0 saturated heterocycles. The number of carbonyl (C=O) groups excluding carboxylic acids is 1. The van der Waals surface area contributed by atoms with Crippen molar-refractivity contribution in [2.75, 3.05) is 13.2 Å².